The van der Waals surface area contributed by atoms with Crippen LogP contribution in [0, 0.1) is 17.8 Å². The molecule has 2 aliphatic heterocycles. The van der Waals surface area contributed by atoms with Crippen molar-refractivity contribution in [2.75, 3.05) is 13.2 Å². The van der Waals surface area contributed by atoms with Gasteiger partial charge in [-0.05, 0) is 34.1 Å². The molecule has 1 unspecified atom stereocenters. The first-order valence-electron chi connectivity index (χ1n) is 6.85. The molecular formula is C15H22O4. The predicted molar refractivity (Wildman–Crippen MR) is 70.4 cm³/mol. The van der Waals surface area contributed by atoms with E-state index in [1.807, 2.05) is 27.7 Å². The van der Waals surface area contributed by atoms with Crippen molar-refractivity contribution in [2.45, 2.75) is 58.0 Å². The largest absolute Gasteiger partial charge is 0.360 e. The number of carbonyl (C=O) groups is 1. The zero-order valence-corrected chi connectivity index (χ0v) is 12.1. The fourth-order valence-corrected chi connectivity index (χ4v) is 2.88. The third kappa shape index (κ3) is 2.84. The zero-order valence-electron chi connectivity index (χ0n) is 12.1. The molecule has 0 amide bonds. The lowest BCUT2D eigenvalue weighted by Gasteiger charge is -2.23. The Labute approximate surface area is 114 Å². The SMILES string of the molecule is CCOC(C)OCC#C[C@@H]1C[C@]2(C)O[C@@]1(C)CC2=O. The lowest BCUT2D eigenvalue weighted by Crippen LogP contribution is -2.35. The molecule has 106 valence electrons. The number of rotatable bonds is 4. The van der Waals surface area contributed by atoms with Crippen molar-refractivity contribution in [3.63, 3.8) is 0 Å². The molecule has 0 aromatic carbocycles. The molecule has 4 heteroatoms. The van der Waals surface area contributed by atoms with E-state index in [0.29, 0.717) is 26.1 Å². The fraction of sp³-hybridized carbons (Fsp3) is 0.800. The molecule has 0 aromatic rings. The van der Waals surface area contributed by atoms with Crippen LogP contribution in [-0.2, 0) is 19.0 Å². The maximum Gasteiger partial charge on any atom is 0.167 e. The van der Waals surface area contributed by atoms with E-state index in [1.165, 1.54) is 0 Å². The van der Waals surface area contributed by atoms with Crippen LogP contribution in [0.2, 0.25) is 0 Å². The molecule has 4 nitrogen and oxygen atoms in total. The van der Waals surface area contributed by atoms with Crippen LogP contribution < -0.4 is 0 Å². The summed E-state index contributed by atoms with van der Waals surface area (Å²) in [6.07, 6.45) is 0.931. The lowest BCUT2D eigenvalue weighted by molar-refractivity contribution is -0.129. The number of hydrogen-bond acceptors (Lipinski definition) is 4. The second kappa shape index (κ2) is 5.24. The van der Waals surface area contributed by atoms with Gasteiger partial charge in [0, 0.05) is 13.0 Å². The third-order valence-corrected chi connectivity index (χ3v) is 3.96. The molecule has 2 rings (SSSR count). The van der Waals surface area contributed by atoms with E-state index >= 15 is 0 Å². The van der Waals surface area contributed by atoms with Crippen molar-refractivity contribution in [3.8, 4) is 11.8 Å². The number of hydrogen-bond donors (Lipinski definition) is 0. The molecule has 2 fully saturated rings. The van der Waals surface area contributed by atoms with Crippen LogP contribution >= 0.6 is 0 Å². The standard InChI is InChI=1S/C15H22O4/c1-5-17-11(2)18-8-6-7-12-9-15(4)13(16)10-14(12,3)19-15/h11-12H,5,8-10H2,1-4H3/t11?,12-,14+,15+/m1/s1. The topological polar surface area (TPSA) is 44.8 Å². The summed E-state index contributed by atoms with van der Waals surface area (Å²) in [5.41, 5.74) is -1.03. The van der Waals surface area contributed by atoms with Crippen LogP contribution in [0.5, 0.6) is 0 Å². The van der Waals surface area contributed by atoms with Gasteiger partial charge in [0.15, 0.2) is 12.1 Å². The summed E-state index contributed by atoms with van der Waals surface area (Å²) in [7, 11) is 0. The summed E-state index contributed by atoms with van der Waals surface area (Å²) in [6.45, 7) is 8.60. The Morgan fingerprint density at radius 2 is 2.21 bits per heavy atom. The number of Topliss-reactive ketones (excluding diaryl/α,β-unsaturated/α-hetero) is 1. The molecule has 0 radical (unpaired) electrons. The summed E-state index contributed by atoms with van der Waals surface area (Å²) < 4.78 is 16.5. The van der Waals surface area contributed by atoms with Crippen LogP contribution in [0.4, 0.5) is 0 Å². The van der Waals surface area contributed by atoms with Gasteiger partial charge in [-0.2, -0.15) is 0 Å². The Balaban J connectivity index is 1.87. The first kappa shape index (κ1) is 14.5. The van der Waals surface area contributed by atoms with Gasteiger partial charge in [-0.1, -0.05) is 11.8 Å². The van der Waals surface area contributed by atoms with Gasteiger partial charge in [-0.15, -0.1) is 0 Å². The minimum absolute atomic E-state index is 0.112. The number of ketones is 1. The van der Waals surface area contributed by atoms with E-state index in [9.17, 15) is 4.79 Å². The minimum atomic E-state index is -0.617. The molecule has 2 bridgehead atoms. The second-order valence-electron chi connectivity index (χ2n) is 5.66. The summed E-state index contributed by atoms with van der Waals surface area (Å²) in [5, 5.41) is 0. The Hall–Kier alpha value is -0.890. The van der Waals surface area contributed by atoms with E-state index in [2.05, 4.69) is 11.8 Å². The van der Waals surface area contributed by atoms with Gasteiger partial charge in [0.05, 0.1) is 11.5 Å². The van der Waals surface area contributed by atoms with Crippen LogP contribution in [-0.4, -0.2) is 36.5 Å². The monoisotopic (exact) mass is 266 g/mol. The summed E-state index contributed by atoms with van der Waals surface area (Å²) in [4.78, 5) is 11.8. The molecule has 0 spiro atoms. The number of ether oxygens (including phenoxy) is 3. The maximum absolute atomic E-state index is 11.8. The predicted octanol–water partition coefficient (Wildman–Crippen LogP) is 1.92. The van der Waals surface area contributed by atoms with Gasteiger partial charge < -0.3 is 14.2 Å². The van der Waals surface area contributed by atoms with Crippen molar-refractivity contribution in [2.24, 2.45) is 5.92 Å². The van der Waals surface area contributed by atoms with Gasteiger partial charge in [-0.25, -0.2) is 0 Å². The first-order chi connectivity index (χ1) is 8.89. The highest BCUT2D eigenvalue weighted by atomic mass is 16.7. The van der Waals surface area contributed by atoms with Crippen LogP contribution in [0.1, 0.15) is 40.5 Å². The van der Waals surface area contributed by atoms with E-state index in [1.54, 1.807) is 0 Å². The lowest BCUT2D eigenvalue weighted by atomic mass is 9.75. The molecule has 4 atom stereocenters. The summed E-state index contributed by atoms with van der Waals surface area (Å²) in [5.74, 6) is 6.52. The smallest absolute Gasteiger partial charge is 0.167 e. The van der Waals surface area contributed by atoms with Gasteiger partial charge >= 0.3 is 0 Å². The highest BCUT2D eigenvalue weighted by Crippen LogP contribution is 2.51. The molecule has 2 saturated heterocycles. The van der Waals surface area contributed by atoms with Crippen molar-refractivity contribution in [1.29, 1.82) is 0 Å². The highest BCUT2D eigenvalue weighted by molar-refractivity contribution is 5.91. The summed E-state index contributed by atoms with van der Waals surface area (Å²) >= 11 is 0. The van der Waals surface area contributed by atoms with E-state index in [-0.39, 0.29) is 18.0 Å². The van der Waals surface area contributed by atoms with E-state index < -0.39 is 11.2 Å². The van der Waals surface area contributed by atoms with Gasteiger partial charge in [-0.3, -0.25) is 4.79 Å². The normalized spacial score (nSPS) is 38.1. The number of carbonyl (C=O) groups excluding carboxylic acids is 1. The first-order valence-corrected chi connectivity index (χ1v) is 6.85. The van der Waals surface area contributed by atoms with Crippen molar-refractivity contribution in [3.05, 3.63) is 0 Å². The molecule has 0 aliphatic carbocycles. The van der Waals surface area contributed by atoms with Crippen molar-refractivity contribution in [1.82, 2.24) is 0 Å². The zero-order chi connectivity index (χ0) is 14.1. The average molecular weight is 266 g/mol. The van der Waals surface area contributed by atoms with E-state index in [4.69, 9.17) is 14.2 Å². The maximum atomic E-state index is 11.8. The van der Waals surface area contributed by atoms with Gasteiger partial charge in [0.1, 0.15) is 12.2 Å². The average Bonchev–Trinajstić information content (AvgIpc) is 2.70. The molecular weight excluding hydrogens is 244 g/mol. The van der Waals surface area contributed by atoms with Crippen LogP contribution in [0.25, 0.3) is 0 Å². The molecule has 2 aliphatic rings. The molecule has 0 aromatic heterocycles. The fourth-order valence-electron chi connectivity index (χ4n) is 2.88. The Morgan fingerprint density at radius 3 is 2.74 bits per heavy atom. The highest BCUT2D eigenvalue weighted by Gasteiger charge is 2.61. The van der Waals surface area contributed by atoms with Gasteiger partial charge in [0.25, 0.3) is 0 Å². The van der Waals surface area contributed by atoms with E-state index in [0.717, 1.165) is 0 Å². The van der Waals surface area contributed by atoms with Gasteiger partial charge in [0.2, 0.25) is 0 Å². The van der Waals surface area contributed by atoms with Crippen molar-refractivity contribution >= 4 is 5.78 Å². The van der Waals surface area contributed by atoms with Crippen LogP contribution in [0.3, 0.4) is 0 Å². The number of fused-ring (bicyclic) bond motifs is 2. The Morgan fingerprint density at radius 1 is 1.47 bits per heavy atom. The molecule has 2 heterocycles. The second-order valence-corrected chi connectivity index (χ2v) is 5.66. The van der Waals surface area contributed by atoms with Crippen molar-refractivity contribution < 1.29 is 19.0 Å². The molecule has 0 saturated carbocycles. The van der Waals surface area contributed by atoms with Crippen LogP contribution in [0.15, 0.2) is 0 Å². The molecule has 19 heavy (non-hydrogen) atoms. The third-order valence-electron chi connectivity index (χ3n) is 3.96. The quantitative estimate of drug-likeness (QED) is 0.576. The minimum Gasteiger partial charge on any atom is -0.360 e. The summed E-state index contributed by atoms with van der Waals surface area (Å²) in [6, 6.07) is 0. The molecule has 0 N–H and O–H groups in total. The Bertz CT molecular complexity index is 422. The Kier molecular flexibility index (Phi) is 4.00.